The Morgan fingerprint density at radius 1 is 0.867 bits per heavy atom. The largest absolute Gasteiger partial charge is 0.496 e. The van der Waals surface area contributed by atoms with Gasteiger partial charge in [-0.05, 0) is 25.0 Å². The number of ketones is 1. The van der Waals surface area contributed by atoms with Gasteiger partial charge in [0.2, 0.25) is 0 Å². The van der Waals surface area contributed by atoms with Crippen molar-refractivity contribution < 1.29 is 28.4 Å². The monoisotopic (exact) mass is 442 g/mol. The Bertz CT molecular complexity index is 597. The number of carbonyl (C=O) groups is 2. The molecule has 7 heteroatoms. The van der Waals surface area contributed by atoms with Gasteiger partial charge in [-0.25, -0.2) is 0 Å². The highest BCUT2D eigenvalue weighted by Crippen LogP contribution is 2.32. The molecule has 0 aliphatic carbocycles. The third-order valence-corrected chi connectivity index (χ3v) is 4.86. The van der Waals surface area contributed by atoms with E-state index in [9.17, 15) is 9.59 Å². The van der Waals surface area contributed by atoms with Crippen LogP contribution in [-0.4, -0.2) is 32.6 Å². The third kappa shape index (κ3) is 9.80. The molecule has 1 rings (SSSR count). The molecule has 0 saturated carbocycles. The highest BCUT2D eigenvalue weighted by molar-refractivity contribution is 7.00. The predicted molar refractivity (Wildman–Crippen MR) is 123 cm³/mol. The zero-order valence-corrected chi connectivity index (χ0v) is 20.5. The van der Waals surface area contributed by atoms with Crippen molar-refractivity contribution in [2.45, 2.75) is 71.6 Å². The Hall–Kier alpha value is -1.81. The second-order valence-electron chi connectivity index (χ2n) is 7.03. The first-order chi connectivity index (χ1) is 14.6. The van der Waals surface area contributed by atoms with Crippen LogP contribution >= 0.6 is 9.12 Å². The summed E-state index contributed by atoms with van der Waals surface area (Å²) in [5, 5.41) is 0. The molecule has 0 spiro atoms. The lowest BCUT2D eigenvalue weighted by atomic mass is 9.91. The fourth-order valence-electron chi connectivity index (χ4n) is 3.19. The molecule has 2 atom stereocenters. The standard InChI is InChI=1S/C23H36O5.H3OP/c1-5-7-9-10-11-12-17-28-23(25)18(14-8-6-2)22(24)21-19(26-3)15-13-16-20(21)27-4;1-2/h13,15-16,18H,5-12,14,17H2,1-4H3;2H3. The number of rotatable bonds is 15. The van der Waals surface area contributed by atoms with Gasteiger partial charge < -0.3 is 18.8 Å². The summed E-state index contributed by atoms with van der Waals surface area (Å²) >= 11 is 0. The van der Waals surface area contributed by atoms with Crippen molar-refractivity contribution in [1.29, 1.82) is 0 Å². The van der Waals surface area contributed by atoms with E-state index in [-0.39, 0.29) is 5.78 Å². The van der Waals surface area contributed by atoms with Crippen LogP contribution in [0.1, 0.15) is 82.0 Å². The molecule has 0 fully saturated rings. The number of hydrogen-bond acceptors (Lipinski definition) is 6. The summed E-state index contributed by atoms with van der Waals surface area (Å²) in [5.74, 6) is -0.745. The van der Waals surface area contributed by atoms with E-state index in [1.54, 1.807) is 18.2 Å². The maximum atomic E-state index is 13.2. The van der Waals surface area contributed by atoms with E-state index >= 15 is 0 Å². The Morgan fingerprint density at radius 3 is 1.93 bits per heavy atom. The van der Waals surface area contributed by atoms with Crippen LogP contribution < -0.4 is 9.47 Å². The average Bonchev–Trinajstić information content (AvgIpc) is 2.79. The molecule has 0 bridgehead atoms. The zero-order valence-electron chi connectivity index (χ0n) is 19.0. The van der Waals surface area contributed by atoms with E-state index in [1.165, 1.54) is 33.5 Å². The van der Waals surface area contributed by atoms with Crippen LogP contribution in [0.2, 0.25) is 0 Å². The van der Waals surface area contributed by atoms with Gasteiger partial charge in [-0.3, -0.25) is 9.59 Å². The Balaban J connectivity index is 0.00000407. The minimum Gasteiger partial charge on any atom is -0.496 e. The normalized spacial score (nSPS) is 11.2. The second kappa shape index (κ2) is 18.0. The lowest BCUT2D eigenvalue weighted by molar-refractivity contribution is -0.147. The van der Waals surface area contributed by atoms with E-state index in [2.05, 4.69) is 6.92 Å². The maximum absolute atomic E-state index is 13.2. The lowest BCUT2D eigenvalue weighted by Gasteiger charge is -2.18. The van der Waals surface area contributed by atoms with Crippen LogP contribution in [0.15, 0.2) is 18.2 Å². The SMILES string of the molecule is CCCCCCCCOC(=O)C(CCCC)C(=O)c1c(OC)cccc1OC.O=[PH3]. The van der Waals surface area contributed by atoms with Crippen molar-refractivity contribution in [2.75, 3.05) is 20.8 Å². The Kier molecular flexibility index (Phi) is 16.9. The highest BCUT2D eigenvalue weighted by Gasteiger charge is 2.32. The van der Waals surface area contributed by atoms with Crippen LogP contribution in [-0.2, 0) is 14.1 Å². The third-order valence-electron chi connectivity index (χ3n) is 4.86. The van der Waals surface area contributed by atoms with Crippen LogP contribution in [0.25, 0.3) is 0 Å². The zero-order chi connectivity index (χ0) is 22.8. The highest BCUT2D eigenvalue weighted by atomic mass is 31.0. The summed E-state index contributed by atoms with van der Waals surface area (Å²) in [6.45, 7) is 4.59. The van der Waals surface area contributed by atoms with Gasteiger partial charge in [0.05, 0.1) is 29.9 Å². The summed E-state index contributed by atoms with van der Waals surface area (Å²) in [5.41, 5.74) is 0.310. The molecule has 0 amide bonds. The van der Waals surface area contributed by atoms with Crippen molar-refractivity contribution in [3.63, 3.8) is 0 Å². The number of hydrogen-bond donors (Lipinski definition) is 0. The summed E-state index contributed by atoms with van der Waals surface area (Å²) in [7, 11) is 3.62. The maximum Gasteiger partial charge on any atom is 0.316 e. The number of carbonyl (C=O) groups excluding carboxylic acids is 2. The van der Waals surface area contributed by atoms with Gasteiger partial charge in [-0.1, -0.05) is 64.9 Å². The van der Waals surface area contributed by atoms with E-state index < -0.39 is 11.9 Å². The number of ether oxygens (including phenoxy) is 3. The number of unbranched alkanes of at least 4 members (excludes halogenated alkanes) is 6. The van der Waals surface area contributed by atoms with Crippen molar-refractivity contribution in [1.82, 2.24) is 0 Å². The summed E-state index contributed by atoms with van der Waals surface area (Å²) in [6, 6.07) is 5.16. The summed E-state index contributed by atoms with van der Waals surface area (Å²) in [6.07, 6.45) is 8.85. The number of Topliss-reactive ketones (excluding diaryl/α,β-unsaturated/α-hetero) is 1. The first-order valence-corrected chi connectivity index (χ1v) is 11.4. The molecule has 0 aliphatic rings. The average molecular weight is 443 g/mol. The number of methoxy groups -OCH3 is 2. The molecular weight excluding hydrogens is 403 g/mol. The molecule has 0 radical (unpaired) electrons. The van der Waals surface area contributed by atoms with Crippen LogP contribution in [0, 0.1) is 5.92 Å². The lowest BCUT2D eigenvalue weighted by Crippen LogP contribution is -2.27. The van der Waals surface area contributed by atoms with Gasteiger partial charge in [-0.15, -0.1) is 0 Å². The number of benzene rings is 1. The van der Waals surface area contributed by atoms with Crippen LogP contribution in [0.5, 0.6) is 11.5 Å². The van der Waals surface area contributed by atoms with Crippen LogP contribution in [0.3, 0.4) is 0 Å². The van der Waals surface area contributed by atoms with Gasteiger partial charge in [0.15, 0.2) is 5.78 Å². The smallest absolute Gasteiger partial charge is 0.316 e. The molecule has 0 saturated heterocycles. The molecule has 1 aromatic rings. The molecule has 172 valence electrons. The van der Waals surface area contributed by atoms with Crippen molar-refractivity contribution in [3.05, 3.63) is 23.8 Å². The van der Waals surface area contributed by atoms with Gasteiger partial charge >= 0.3 is 5.97 Å². The quantitative estimate of drug-likeness (QED) is 0.117. The molecule has 0 heterocycles. The van der Waals surface area contributed by atoms with Crippen molar-refractivity contribution in [2.24, 2.45) is 5.92 Å². The number of esters is 1. The van der Waals surface area contributed by atoms with E-state index in [0.29, 0.717) is 39.2 Å². The van der Waals surface area contributed by atoms with E-state index in [0.717, 1.165) is 32.1 Å². The Labute approximate surface area is 183 Å². The van der Waals surface area contributed by atoms with E-state index in [4.69, 9.17) is 18.8 Å². The van der Waals surface area contributed by atoms with Gasteiger partial charge in [0, 0.05) is 0 Å². The van der Waals surface area contributed by atoms with E-state index in [1.807, 2.05) is 6.92 Å². The molecule has 0 aromatic heterocycles. The summed E-state index contributed by atoms with van der Waals surface area (Å²) in [4.78, 5) is 25.9. The minimum absolute atomic E-state index is 0.296. The molecule has 1 aromatic carbocycles. The fraction of sp³-hybridized carbons (Fsp3) is 0.652. The van der Waals surface area contributed by atoms with Gasteiger partial charge in [0.1, 0.15) is 23.0 Å². The topological polar surface area (TPSA) is 78.9 Å². The first kappa shape index (κ1) is 28.2. The predicted octanol–water partition coefficient (Wildman–Crippen LogP) is 5.54. The van der Waals surface area contributed by atoms with Gasteiger partial charge in [0.25, 0.3) is 0 Å². The molecule has 6 nitrogen and oxygen atoms in total. The molecular formula is C23H39O6P. The van der Waals surface area contributed by atoms with Gasteiger partial charge in [-0.2, -0.15) is 0 Å². The molecule has 0 aliphatic heterocycles. The Morgan fingerprint density at radius 2 is 1.40 bits per heavy atom. The second-order valence-corrected chi connectivity index (χ2v) is 7.03. The van der Waals surface area contributed by atoms with Crippen molar-refractivity contribution in [3.8, 4) is 11.5 Å². The summed E-state index contributed by atoms with van der Waals surface area (Å²) < 4.78 is 24.4. The minimum atomic E-state index is -0.828. The van der Waals surface area contributed by atoms with Crippen molar-refractivity contribution >= 4 is 20.9 Å². The molecule has 2 unspecified atom stereocenters. The van der Waals surface area contributed by atoms with Crippen LogP contribution in [0.4, 0.5) is 0 Å². The first-order valence-electron chi connectivity index (χ1n) is 10.8. The molecule has 0 N–H and O–H groups in total. The fourth-order valence-corrected chi connectivity index (χ4v) is 3.19. The molecule has 30 heavy (non-hydrogen) atoms.